The van der Waals surface area contributed by atoms with Gasteiger partial charge in [-0.05, 0) is 39.3 Å². The first-order valence-electron chi connectivity index (χ1n) is 7.37. The Kier molecular flexibility index (Phi) is 3.42. The maximum absolute atomic E-state index is 4.81. The van der Waals surface area contributed by atoms with Gasteiger partial charge in [0.15, 0.2) is 0 Å². The van der Waals surface area contributed by atoms with E-state index in [1.807, 2.05) is 0 Å². The van der Waals surface area contributed by atoms with Crippen molar-refractivity contribution in [3.8, 4) is 11.3 Å². The molecule has 3 heteroatoms. The van der Waals surface area contributed by atoms with E-state index in [1.54, 1.807) is 0 Å². The Hall–Kier alpha value is -2.29. The van der Waals surface area contributed by atoms with Crippen LogP contribution in [0.25, 0.3) is 16.9 Å². The van der Waals surface area contributed by atoms with Gasteiger partial charge >= 0.3 is 0 Å². The number of nitrogens with one attached hydrogen (secondary N) is 1. The van der Waals surface area contributed by atoms with Crippen LogP contribution in [-0.4, -0.2) is 15.4 Å². The second-order valence-electron chi connectivity index (χ2n) is 5.91. The molecule has 0 saturated heterocycles. The van der Waals surface area contributed by atoms with Crippen molar-refractivity contribution in [1.82, 2.24) is 9.38 Å². The van der Waals surface area contributed by atoms with Gasteiger partial charge in [-0.3, -0.25) is 4.40 Å². The smallest absolute Gasteiger partial charge is 0.139 e. The first-order valence-corrected chi connectivity index (χ1v) is 7.37. The fraction of sp³-hybridized carbons (Fsp3) is 0.278. The summed E-state index contributed by atoms with van der Waals surface area (Å²) in [6, 6.07) is 13.0. The number of aromatic nitrogens is 2. The van der Waals surface area contributed by atoms with Gasteiger partial charge in [0.25, 0.3) is 0 Å². The summed E-state index contributed by atoms with van der Waals surface area (Å²) in [6.45, 7) is 8.50. The highest BCUT2D eigenvalue weighted by Crippen LogP contribution is 2.29. The highest BCUT2D eigenvalue weighted by atomic mass is 15.1. The molecule has 3 aromatic rings. The van der Waals surface area contributed by atoms with E-state index in [-0.39, 0.29) is 0 Å². The Labute approximate surface area is 125 Å². The number of imidazole rings is 1. The van der Waals surface area contributed by atoms with E-state index in [4.69, 9.17) is 4.98 Å². The lowest BCUT2D eigenvalue weighted by atomic mass is 10.1. The largest absolute Gasteiger partial charge is 0.367 e. The SMILES string of the molecule is Cc1ccc(-c2nc3ccc(C)cn3c2NC(C)C)cc1. The van der Waals surface area contributed by atoms with Crippen LogP contribution in [0.2, 0.25) is 0 Å². The van der Waals surface area contributed by atoms with Crippen molar-refractivity contribution in [2.45, 2.75) is 33.7 Å². The minimum atomic E-state index is 0.356. The molecule has 0 radical (unpaired) electrons. The van der Waals surface area contributed by atoms with Gasteiger partial charge in [-0.25, -0.2) is 4.98 Å². The molecule has 1 N–H and O–H groups in total. The minimum absolute atomic E-state index is 0.356. The molecule has 2 heterocycles. The number of hydrogen-bond donors (Lipinski definition) is 1. The van der Waals surface area contributed by atoms with Gasteiger partial charge < -0.3 is 5.32 Å². The number of hydrogen-bond acceptors (Lipinski definition) is 2. The average Bonchev–Trinajstić information content (AvgIpc) is 2.77. The molecule has 0 aliphatic rings. The van der Waals surface area contributed by atoms with Crippen molar-refractivity contribution in [2.75, 3.05) is 5.32 Å². The van der Waals surface area contributed by atoms with Crippen LogP contribution in [0.4, 0.5) is 5.82 Å². The van der Waals surface area contributed by atoms with E-state index in [9.17, 15) is 0 Å². The molecule has 3 nitrogen and oxygen atoms in total. The predicted molar refractivity (Wildman–Crippen MR) is 88.9 cm³/mol. The molecule has 0 atom stereocenters. The van der Waals surface area contributed by atoms with Crippen molar-refractivity contribution in [3.63, 3.8) is 0 Å². The van der Waals surface area contributed by atoms with Gasteiger partial charge in [-0.15, -0.1) is 0 Å². The topological polar surface area (TPSA) is 29.3 Å². The van der Waals surface area contributed by atoms with Crippen LogP contribution in [-0.2, 0) is 0 Å². The summed E-state index contributed by atoms with van der Waals surface area (Å²) in [4.78, 5) is 4.81. The molecule has 0 fully saturated rings. The molecule has 108 valence electrons. The zero-order valence-corrected chi connectivity index (χ0v) is 13.0. The molecule has 0 aliphatic heterocycles. The molecule has 0 unspecified atom stereocenters. The molecule has 0 aliphatic carbocycles. The van der Waals surface area contributed by atoms with Crippen LogP contribution < -0.4 is 5.32 Å². The lowest BCUT2D eigenvalue weighted by Gasteiger charge is -2.12. The summed E-state index contributed by atoms with van der Waals surface area (Å²) in [6.07, 6.45) is 2.13. The van der Waals surface area contributed by atoms with E-state index in [2.05, 4.69) is 80.0 Å². The summed E-state index contributed by atoms with van der Waals surface area (Å²) < 4.78 is 2.14. The van der Waals surface area contributed by atoms with Crippen molar-refractivity contribution in [2.24, 2.45) is 0 Å². The van der Waals surface area contributed by atoms with Crippen molar-refractivity contribution in [3.05, 3.63) is 53.7 Å². The fourth-order valence-corrected chi connectivity index (χ4v) is 2.47. The maximum atomic E-state index is 4.81. The molecule has 21 heavy (non-hydrogen) atoms. The fourth-order valence-electron chi connectivity index (χ4n) is 2.47. The second kappa shape index (κ2) is 5.24. The third-order valence-corrected chi connectivity index (χ3v) is 3.52. The molecule has 0 spiro atoms. The highest BCUT2D eigenvalue weighted by Gasteiger charge is 2.14. The van der Waals surface area contributed by atoms with Crippen LogP contribution in [0.1, 0.15) is 25.0 Å². The molecule has 2 aromatic heterocycles. The summed E-state index contributed by atoms with van der Waals surface area (Å²) >= 11 is 0. The quantitative estimate of drug-likeness (QED) is 0.768. The molecule has 0 saturated carbocycles. The Balaban J connectivity index is 2.22. The maximum Gasteiger partial charge on any atom is 0.139 e. The number of aryl methyl sites for hydroxylation is 2. The van der Waals surface area contributed by atoms with Crippen molar-refractivity contribution >= 4 is 11.5 Å². The normalized spacial score (nSPS) is 11.3. The zero-order chi connectivity index (χ0) is 15.0. The van der Waals surface area contributed by atoms with E-state index < -0.39 is 0 Å². The molecule has 1 aromatic carbocycles. The van der Waals surface area contributed by atoms with Gasteiger partial charge in [0.2, 0.25) is 0 Å². The van der Waals surface area contributed by atoms with E-state index in [1.165, 1.54) is 11.1 Å². The number of nitrogens with zero attached hydrogens (tertiary/aromatic N) is 2. The Morgan fingerprint density at radius 3 is 2.29 bits per heavy atom. The lowest BCUT2D eigenvalue weighted by molar-refractivity contribution is 0.885. The number of fused-ring (bicyclic) bond motifs is 1. The standard InChI is InChI=1S/C18H21N3/c1-12(2)19-18-17(15-8-5-13(3)6-9-15)20-16-10-7-14(4)11-21(16)18/h5-12,19H,1-4H3. The highest BCUT2D eigenvalue weighted by molar-refractivity contribution is 5.76. The molecule has 0 amide bonds. The lowest BCUT2D eigenvalue weighted by Crippen LogP contribution is -2.12. The van der Waals surface area contributed by atoms with E-state index >= 15 is 0 Å². The van der Waals surface area contributed by atoms with Crippen LogP contribution in [0, 0.1) is 13.8 Å². The van der Waals surface area contributed by atoms with Gasteiger partial charge in [0, 0.05) is 17.8 Å². The van der Waals surface area contributed by atoms with E-state index in [0.717, 1.165) is 22.7 Å². The van der Waals surface area contributed by atoms with Crippen LogP contribution in [0.3, 0.4) is 0 Å². The van der Waals surface area contributed by atoms with Crippen molar-refractivity contribution in [1.29, 1.82) is 0 Å². The van der Waals surface area contributed by atoms with Crippen molar-refractivity contribution < 1.29 is 0 Å². The van der Waals surface area contributed by atoms with E-state index in [0.29, 0.717) is 6.04 Å². The Bertz CT molecular complexity index is 767. The number of anilines is 1. The van der Waals surface area contributed by atoms with Crippen LogP contribution in [0.5, 0.6) is 0 Å². The molecule has 3 rings (SSSR count). The number of benzene rings is 1. The monoisotopic (exact) mass is 279 g/mol. The van der Waals surface area contributed by atoms with Gasteiger partial charge in [0.1, 0.15) is 17.2 Å². The summed E-state index contributed by atoms with van der Waals surface area (Å²) in [5.74, 6) is 1.06. The third-order valence-electron chi connectivity index (χ3n) is 3.52. The van der Waals surface area contributed by atoms with Gasteiger partial charge in [-0.1, -0.05) is 35.9 Å². The first kappa shape index (κ1) is 13.7. The van der Waals surface area contributed by atoms with Gasteiger partial charge in [-0.2, -0.15) is 0 Å². The molecular formula is C18H21N3. The summed E-state index contributed by atoms with van der Waals surface area (Å²) in [7, 11) is 0. The third kappa shape index (κ3) is 2.64. The number of rotatable bonds is 3. The Morgan fingerprint density at radius 1 is 0.952 bits per heavy atom. The predicted octanol–water partition coefficient (Wildman–Crippen LogP) is 4.44. The summed E-state index contributed by atoms with van der Waals surface area (Å²) in [5, 5.41) is 3.54. The minimum Gasteiger partial charge on any atom is -0.367 e. The average molecular weight is 279 g/mol. The second-order valence-corrected chi connectivity index (χ2v) is 5.91. The zero-order valence-electron chi connectivity index (χ0n) is 13.0. The van der Waals surface area contributed by atoms with Gasteiger partial charge in [0.05, 0.1) is 0 Å². The Morgan fingerprint density at radius 2 is 1.62 bits per heavy atom. The number of pyridine rings is 1. The van der Waals surface area contributed by atoms with Crippen LogP contribution in [0.15, 0.2) is 42.6 Å². The summed E-state index contributed by atoms with van der Waals surface area (Å²) in [5.41, 5.74) is 5.61. The molecule has 0 bridgehead atoms. The first-order chi connectivity index (χ1) is 10.0. The van der Waals surface area contributed by atoms with Crippen LogP contribution >= 0.6 is 0 Å². The molecular weight excluding hydrogens is 258 g/mol.